The molecular formula is C36H47NO4. The Labute approximate surface area is 246 Å². The van der Waals surface area contributed by atoms with Crippen LogP contribution in [-0.4, -0.2) is 30.1 Å². The van der Waals surface area contributed by atoms with Gasteiger partial charge in [-0.05, 0) is 86.8 Å². The maximum absolute atomic E-state index is 13.6. The van der Waals surface area contributed by atoms with E-state index in [1.165, 1.54) is 0 Å². The highest BCUT2D eigenvalue weighted by atomic mass is 16.6. The number of hydrogen-bond acceptors (Lipinski definition) is 4. The van der Waals surface area contributed by atoms with Crippen molar-refractivity contribution in [2.24, 2.45) is 0 Å². The second-order valence-corrected chi connectivity index (χ2v) is 12.9. The first-order valence-electron chi connectivity index (χ1n) is 14.6. The summed E-state index contributed by atoms with van der Waals surface area (Å²) in [5.41, 5.74) is 7.34. The van der Waals surface area contributed by atoms with Gasteiger partial charge in [0.15, 0.2) is 0 Å². The summed E-state index contributed by atoms with van der Waals surface area (Å²) in [6.45, 7) is 25.9. The molecule has 41 heavy (non-hydrogen) atoms. The summed E-state index contributed by atoms with van der Waals surface area (Å²) in [4.78, 5) is 28.7. The summed E-state index contributed by atoms with van der Waals surface area (Å²) in [6, 6.07) is 13.3. The number of esters is 1. The molecule has 5 heteroatoms. The zero-order chi connectivity index (χ0) is 30.9. The van der Waals surface area contributed by atoms with Crippen molar-refractivity contribution >= 4 is 12.1 Å². The molecule has 0 saturated carbocycles. The number of ether oxygens (including phenoxy) is 2. The van der Waals surface area contributed by atoms with Gasteiger partial charge in [-0.3, -0.25) is 0 Å². The molecule has 0 saturated heterocycles. The molecule has 0 aromatic heterocycles. The van der Waals surface area contributed by atoms with Gasteiger partial charge in [0.05, 0.1) is 5.56 Å². The van der Waals surface area contributed by atoms with E-state index < -0.39 is 12.1 Å². The van der Waals surface area contributed by atoms with Crippen molar-refractivity contribution < 1.29 is 19.1 Å². The van der Waals surface area contributed by atoms with Crippen LogP contribution in [0, 0.1) is 27.7 Å². The van der Waals surface area contributed by atoms with Crippen molar-refractivity contribution in [3.05, 3.63) is 81.4 Å². The van der Waals surface area contributed by atoms with Gasteiger partial charge in [0.25, 0.3) is 0 Å². The van der Waals surface area contributed by atoms with Crippen molar-refractivity contribution in [1.29, 1.82) is 0 Å². The van der Waals surface area contributed by atoms with E-state index in [9.17, 15) is 9.59 Å². The average molecular weight is 558 g/mol. The standard InChI is InChI=1S/C36H47NO4/c1-13-37(14-2)34(39)41-32-28(36(10,11)12)21-23(4)25(6)30(32)29-24(5)22(3)20-27(35(7,8)9)31(29)40-33(38)26-18-16-15-17-19-26/h15-21H,13-14H2,1-12H3. The largest absolute Gasteiger partial charge is 0.422 e. The lowest BCUT2D eigenvalue weighted by Crippen LogP contribution is -2.34. The van der Waals surface area contributed by atoms with Crippen LogP contribution in [-0.2, 0) is 10.8 Å². The Hall–Kier alpha value is -3.60. The zero-order valence-electron chi connectivity index (χ0n) is 27.0. The monoisotopic (exact) mass is 557 g/mol. The Morgan fingerprint density at radius 2 is 1.10 bits per heavy atom. The molecule has 0 N–H and O–H groups in total. The third kappa shape index (κ3) is 6.66. The number of hydrogen-bond donors (Lipinski definition) is 0. The molecule has 0 spiro atoms. The van der Waals surface area contributed by atoms with E-state index in [0.29, 0.717) is 30.2 Å². The van der Waals surface area contributed by atoms with Gasteiger partial charge in [-0.15, -0.1) is 0 Å². The summed E-state index contributed by atoms with van der Waals surface area (Å²) in [6.07, 6.45) is -0.394. The quantitative estimate of drug-likeness (QED) is 0.224. The van der Waals surface area contributed by atoms with Gasteiger partial charge in [-0.25, -0.2) is 9.59 Å². The Balaban J connectivity index is 2.50. The molecule has 3 aromatic rings. The predicted octanol–water partition coefficient (Wildman–Crippen LogP) is 9.24. The summed E-state index contributed by atoms with van der Waals surface area (Å²) in [5.74, 6) is 0.592. The van der Waals surface area contributed by atoms with E-state index in [-0.39, 0.29) is 10.8 Å². The van der Waals surface area contributed by atoms with E-state index in [4.69, 9.17) is 9.47 Å². The van der Waals surface area contributed by atoms with Crippen LogP contribution in [0.4, 0.5) is 4.79 Å². The van der Waals surface area contributed by atoms with Crippen molar-refractivity contribution in [3.8, 4) is 22.6 Å². The number of nitrogens with zero attached hydrogens (tertiary/aromatic N) is 1. The molecular weight excluding hydrogens is 510 g/mol. The molecule has 5 nitrogen and oxygen atoms in total. The Bertz CT molecular complexity index is 1440. The minimum Gasteiger partial charge on any atom is -0.422 e. The van der Waals surface area contributed by atoms with Crippen LogP contribution in [0.5, 0.6) is 11.5 Å². The SMILES string of the molecule is CCN(CC)C(=O)Oc1c(C(C)(C)C)cc(C)c(C)c1-c1c(C)c(C)cc(C(C)(C)C)c1OC(=O)c1ccccc1. The first-order valence-corrected chi connectivity index (χ1v) is 14.6. The summed E-state index contributed by atoms with van der Waals surface area (Å²) in [7, 11) is 0. The van der Waals surface area contributed by atoms with Crippen LogP contribution in [0.2, 0.25) is 0 Å². The van der Waals surface area contributed by atoms with Crippen molar-refractivity contribution in [1.82, 2.24) is 4.90 Å². The molecule has 0 aliphatic carbocycles. The number of benzene rings is 3. The number of amides is 1. The molecule has 220 valence electrons. The molecule has 0 aliphatic heterocycles. The van der Waals surface area contributed by atoms with Crippen LogP contribution >= 0.6 is 0 Å². The highest BCUT2D eigenvalue weighted by molar-refractivity contribution is 5.94. The van der Waals surface area contributed by atoms with Gasteiger partial charge in [0.2, 0.25) is 0 Å². The van der Waals surface area contributed by atoms with Gasteiger partial charge in [-0.1, -0.05) is 71.9 Å². The van der Waals surface area contributed by atoms with Gasteiger partial charge < -0.3 is 14.4 Å². The van der Waals surface area contributed by atoms with Crippen LogP contribution in [0.1, 0.15) is 99.1 Å². The van der Waals surface area contributed by atoms with E-state index in [1.54, 1.807) is 17.0 Å². The first kappa shape index (κ1) is 31.9. The molecule has 3 rings (SSSR count). The molecule has 0 bridgehead atoms. The molecule has 0 unspecified atom stereocenters. The number of carbonyl (C=O) groups excluding carboxylic acids is 2. The van der Waals surface area contributed by atoms with E-state index in [2.05, 4.69) is 67.5 Å². The van der Waals surface area contributed by atoms with Crippen molar-refractivity contribution in [2.75, 3.05) is 13.1 Å². The lowest BCUT2D eigenvalue weighted by atomic mass is 9.77. The van der Waals surface area contributed by atoms with Crippen molar-refractivity contribution in [3.63, 3.8) is 0 Å². The fourth-order valence-corrected chi connectivity index (χ4v) is 5.07. The van der Waals surface area contributed by atoms with Gasteiger partial charge in [-0.2, -0.15) is 0 Å². The smallest absolute Gasteiger partial charge is 0.415 e. The topological polar surface area (TPSA) is 55.8 Å². The lowest BCUT2D eigenvalue weighted by Gasteiger charge is -2.31. The Morgan fingerprint density at radius 3 is 1.49 bits per heavy atom. The number of rotatable bonds is 6. The Morgan fingerprint density at radius 1 is 0.683 bits per heavy atom. The maximum Gasteiger partial charge on any atom is 0.415 e. The van der Waals surface area contributed by atoms with E-state index in [1.807, 2.05) is 45.9 Å². The highest BCUT2D eigenvalue weighted by Gasteiger charge is 2.33. The molecule has 0 heterocycles. The molecule has 3 aromatic carbocycles. The van der Waals surface area contributed by atoms with Gasteiger partial charge in [0, 0.05) is 35.3 Å². The average Bonchev–Trinajstić information content (AvgIpc) is 2.89. The molecule has 0 atom stereocenters. The van der Waals surface area contributed by atoms with E-state index >= 15 is 0 Å². The molecule has 0 fully saturated rings. The summed E-state index contributed by atoms with van der Waals surface area (Å²) >= 11 is 0. The van der Waals surface area contributed by atoms with E-state index in [0.717, 1.165) is 44.5 Å². The summed E-state index contributed by atoms with van der Waals surface area (Å²) < 4.78 is 12.7. The summed E-state index contributed by atoms with van der Waals surface area (Å²) in [5, 5.41) is 0. The second-order valence-electron chi connectivity index (χ2n) is 12.9. The zero-order valence-corrected chi connectivity index (χ0v) is 27.0. The van der Waals surface area contributed by atoms with Crippen LogP contribution in [0.25, 0.3) is 11.1 Å². The fourth-order valence-electron chi connectivity index (χ4n) is 5.07. The third-order valence-electron chi connectivity index (χ3n) is 7.88. The number of carbonyl (C=O) groups is 2. The van der Waals surface area contributed by atoms with Crippen LogP contribution < -0.4 is 9.47 Å². The predicted molar refractivity (Wildman–Crippen MR) is 169 cm³/mol. The van der Waals surface area contributed by atoms with Crippen molar-refractivity contribution in [2.45, 2.75) is 93.9 Å². The molecule has 1 amide bonds. The highest BCUT2D eigenvalue weighted by Crippen LogP contribution is 2.50. The second kappa shape index (κ2) is 12.1. The van der Waals surface area contributed by atoms with Gasteiger partial charge in [0.1, 0.15) is 11.5 Å². The number of aryl methyl sites for hydroxylation is 2. The minimum absolute atomic E-state index is 0.322. The van der Waals surface area contributed by atoms with Crippen LogP contribution in [0.15, 0.2) is 42.5 Å². The molecule has 0 radical (unpaired) electrons. The maximum atomic E-state index is 13.6. The third-order valence-corrected chi connectivity index (χ3v) is 7.88. The lowest BCUT2D eigenvalue weighted by molar-refractivity contribution is 0.0732. The fraction of sp³-hybridized carbons (Fsp3) is 0.444. The van der Waals surface area contributed by atoms with Crippen LogP contribution in [0.3, 0.4) is 0 Å². The minimum atomic E-state index is -0.427. The Kier molecular flexibility index (Phi) is 9.42. The van der Waals surface area contributed by atoms with Gasteiger partial charge >= 0.3 is 12.1 Å². The normalized spacial score (nSPS) is 11.8. The molecule has 0 aliphatic rings. The first-order chi connectivity index (χ1) is 19.0.